The van der Waals surface area contributed by atoms with Gasteiger partial charge in [0.2, 0.25) is 5.91 Å². The van der Waals surface area contributed by atoms with Crippen LogP contribution in [0.2, 0.25) is 0 Å². The average molecular weight is 267 g/mol. The number of nitrogens with one attached hydrogen (secondary N) is 1. The summed E-state index contributed by atoms with van der Waals surface area (Å²) in [5.74, 6) is -0.356. The zero-order valence-electron chi connectivity index (χ0n) is 11.2. The second kappa shape index (κ2) is 6.17. The van der Waals surface area contributed by atoms with Crippen LogP contribution in [0.3, 0.4) is 0 Å². The molecule has 104 valence electrons. The largest absolute Gasteiger partial charge is 0.389 e. The maximum absolute atomic E-state index is 12.7. The van der Waals surface area contributed by atoms with Crippen molar-refractivity contribution in [2.75, 3.05) is 0 Å². The van der Waals surface area contributed by atoms with E-state index in [0.717, 1.165) is 5.56 Å². The normalized spacial score (nSPS) is 12.1. The molecule has 0 heterocycles. The maximum atomic E-state index is 12.7. The molecule has 1 aromatic carbocycles. The Hall–Kier alpha value is -2.11. The van der Waals surface area contributed by atoms with Gasteiger partial charge in [-0.2, -0.15) is 0 Å². The number of nitrogens with two attached hydrogens (primary N) is 1. The number of hydrogen-bond acceptors (Lipinski definition) is 3. The first kappa shape index (κ1) is 14.9. The first-order chi connectivity index (χ1) is 8.81. The van der Waals surface area contributed by atoms with Crippen LogP contribution in [-0.4, -0.2) is 17.3 Å². The van der Waals surface area contributed by atoms with Gasteiger partial charge in [0, 0.05) is 6.92 Å². The number of amides is 1. The van der Waals surface area contributed by atoms with Gasteiger partial charge in [0.25, 0.3) is 0 Å². The lowest BCUT2D eigenvalue weighted by molar-refractivity contribution is -0.119. The van der Waals surface area contributed by atoms with Crippen molar-refractivity contribution >= 4 is 11.7 Å². The van der Waals surface area contributed by atoms with E-state index in [2.05, 4.69) is 10.5 Å². The van der Waals surface area contributed by atoms with Gasteiger partial charge in [0.05, 0.1) is 5.54 Å². The molecule has 0 aliphatic rings. The molecule has 3 N–H and O–H groups in total. The van der Waals surface area contributed by atoms with E-state index < -0.39 is 5.54 Å². The van der Waals surface area contributed by atoms with Crippen molar-refractivity contribution in [2.45, 2.75) is 32.9 Å². The van der Waals surface area contributed by atoms with Gasteiger partial charge in [0.15, 0.2) is 5.84 Å². The predicted molar refractivity (Wildman–Crippen MR) is 70.7 cm³/mol. The third-order valence-corrected chi connectivity index (χ3v) is 2.44. The highest BCUT2D eigenvalue weighted by molar-refractivity contribution is 5.92. The van der Waals surface area contributed by atoms with Crippen LogP contribution in [0.5, 0.6) is 0 Å². The van der Waals surface area contributed by atoms with E-state index in [0.29, 0.717) is 0 Å². The fourth-order valence-electron chi connectivity index (χ4n) is 1.38. The molecule has 0 atom stereocenters. The molecule has 0 aliphatic heterocycles. The molecular weight excluding hydrogens is 249 g/mol. The quantitative estimate of drug-likeness (QED) is 0.482. The molecule has 0 fully saturated rings. The first-order valence-corrected chi connectivity index (χ1v) is 5.80. The number of nitrogens with zero attached hydrogens (tertiary/aromatic N) is 1. The molecule has 0 aliphatic carbocycles. The van der Waals surface area contributed by atoms with E-state index in [1.807, 2.05) is 0 Å². The highest BCUT2D eigenvalue weighted by atomic mass is 19.1. The fourth-order valence-corrected chi connectivity index (χ4v) is 1.38. The van der Waals surface area contributed by atoms with E-state index in [9.17, 15) is 9.18 Å². The van der Waals surface area contributed by atoms with Crippen LogP contribution >= 0.6 is 0 Å². The Kier molecular flexibility index (Phi) is 4.86. The minimum atomic E-state index is -0.783. The van der Waals surface area contributed by atoms with Crippen LogP contribution in [-0.2, 0) is 16.2 Å². The van der Waals surface area contributed by atoms with Crippen LogP contribution in [0, 0.1) is 5.82 Å². The second-order valence-corrected chi connectivity index (χ2v) is 4.68. The summed E-state index contributed by atoms with van der Waals surface area (Å²) in [5.41, 5.74) is 5.73. The number of benzene rings is 1. The molecule has 0 bridgehead atoms. The monoisotopic (exact) mass is 267 g/mol. The zero-order valence-corrected chi connectivity index (χ0v) is 11.2. The summed E-state index contributed by atoms with van der Waals surface area (Å²) in [5, 5.41) is 6.40. The van der Waals surface area contributed by atoms with Crippen molar-refractivity contribution in [3.63, 3.8) is 0 Å². The lowest BCUT2D eigenvalue weighted by atomic mass is 10.0. The van der Waals surface area contributed by atoms with Gasteiger partial charge < -0.3 is 15.9 Å². The summed E-state index contributed by atoms with van der Waals surface area (Å²) >= 11 is 0. The molecule has 0 unspecified atom stereocenters. The van der Waals surface area contributed by atoms with Crippen LogP contribution < -0.4 is 11.1 Å². The first-order valence-electron chi connectivity index (χ1n) is 5.80. The van der Waals surface area contributed by atoms with Crippen molar-refractivity contribution in [1.82, 2.24) is 5.32 Å². The van der Waals surface area contributed by atoms with E-state index in [1.165, 1.54) is 19.1 Å². The fraction of sp³-hybridized carbons (Fsp3) is 0.385. The topological polar surface area (TPSA) is 76.7 Å². The van der Waals surface area contributed by atoms with Crippen molar-refractivity contribution < 1.29 is 14.0 Å². The number of hydrogen-bond donors (Lipinski definition) is 2. The molecule has 0 saturated heterocycles. The van der Waals surface area contributed by atoms with Gasteiger partial charge >= 0.3 is 0 Å². The van der Waals surface area contributed by atoms with Crippen LogP contribution in [0.15, 0.2) is 29.4 Å². The molecule has 0 spiro atoms. The number of rotatable bonds is 5. The molecule has 5 nitrogen and oxygen atoms in total. The highest BCUT2D eigenvalue weighted by Gasteiger charge is 2.24. The van der Waals surface area contributed by atoms with Gasteiger partial charge in [-0.15, -0.1) is 0 Å². The van der Waals surface area contributed by atoms with E-state index >= 15 is 0 Å². The highest BCUT2D eigenvalue weighted by Crippen LogP contribution is 2.06. The van der Waals surface area contributed by atoms with Gasteiger partial charge in [-0.25, -0.2) is 4.39 Å². The summed E-state index contributed by atoms with van der Waals surface area (Å²) in [6.45, 7) is 5.01. The van der Waals surface area contributed by atoms with Gasteiger partial charge in [-0.3, -0.25) is 4.79 Å². The predicted octanol–water partition coefficient (Wildman–Crippen LogP) is 1.53. The Balaban J connectivity index is 2.56. The third kappa shape index (κ3) is 4.95. The molecule has 0 radical (unpaired) electrons. The van der Waals surface area contributed by atoms with Crippen molar-refractivity contribution in [2.24, 2.45) is 10.9 Å². The Morgan fingerprint density at radius 1 is 1.42 bits per heavy atom. The summed E-state index contributed by atoms with van der Waals surface area (Å²) < 4.78 is 12.7. The summed E-state index contributed by atoms with van der Waals surface area (Å²) in [7, 11) is 0. The van der Waals surface area contributed by atoms with Crippen molar-refractivity contribution in [3.05, 3.63) is 35.6 Å². The van der Waals surface area contributed by atoms with Gasteiger partial charge in [-0.1, -0.05) is 17.3 Å². The summed E-state index contributed by atoms with van der Waals surface area (Å²) in [6.07, 6.45) is 0. The molecular formula is C13H18FN3O2. The number of oxime groups is 1. The van der Waals surface area contributed by atoms with E-state index in [4.69, 9.17) is 10.6 Å². The molecule has 6 heteroatoms. The number of halogens is 1. The van der Waals surface area contributed by atoms with Crippen molar-refractivity contribution in [1.29, 1.82) is 0 Å². The van der Waals surface area contributed by atoms with E-state index in [-0.39, 0.29) is 24.2 Å². The van der Waals surface area contributed by atoms with Gasteiger partial charge in [-0.05, 0) is 31.5 Å². The zero-order chi connectivity index (χ0) is 14.5. The number of carbonyl (C=O) groups excluding carboxylic acids is 1. The van der Waals surface area contributed by atoms with Gasteiger partial charge in [0.1, 0.15) is 12.4 Å². The van der Waals surface area contributed by atoms with E-state index in [1.54, 1.807) is 26.0 Å². The molecule has 19 heavy (non-hydrogen) atoms. The lowest BCUT2D eigenvalue weighted by Crippen LogP contribution is -2.52. The Morgan fingerprint density at radius 2 is 2.00 bits per heavy atom. The van der Waals surface area contributed by atoms with Crippen LogP contribution in [0.1, 0.15) is 26.3 Å². The number of amidine groups is 1. The Labute approximate surface area is 111 Å². The summed E-state index contributed by atoms with van der Waals surface area (Å²) in [6, 6.07) is 5.88. The molecule has 1 rings (SSSR count). The second-order valence-electron chi connectivity index (χ2n) is 4.68. The maximum Gasteiger partial charge on any atom is 0.217 e. The smallest absolute Gasteiger partial charge is 0.217 e. The molecule has 1 amide bonds. The minimum absolute atomic E-state index is 0.157. The average Bonchev–Trinajstić information content (AvgIpc) is 2.30. The SMILES string of the molecule is CC(=O)NC(C)(C)/C(N)=N/OCc1ccc(F)cc1. The minimum Gasteiger partial charge on any atom is -0.389 e. The van der Waals surface area contributed by atoms with Crippen LogP contribution in [0.4, 0.5) is 4.39 Å². The molecule has 0 saturated carbocycles. The van der Waals surface area contributed by atoms with Crippen molar-refractivity contribution in [3.8, 4) is 0 Å². The third-order valence-electron chi connectivity index (χ3n) is 2.44. The number of carbonyl (C=O) groups is 1. The lowest BCUT2D eigenvalue weighted by Gasteiger charge is -2.24. The molecule has 1 aromatic rings. The molecule has 0 aromatic heterocycles. The van der Waals surface area contributed by atoms with Crippen LogP contribution in [0.25, 0.3) is 0 Å². The Bertz CT molecular complexity index is 469. The standard InChI is InChI=1S/C13H18FN3O2/c1-9(18)16-13(2,3)12(15)17-19-8-10-4-6-11(14)7-5-10/h4-7H,8H2,1-3H3,(H2,15,17)(H,16,18). The summed E-state index contributed by atoms with van der Waals surface area (Å²) in [4.78, 5) is 16.1. The Morgan fingerprint density at radius 3 is 2.53 bits per heavy atom.